The number of carbonyl (C=O) groups is 1. The molecule has 2 aromatic carbocycles. The molecule has 172 valence electrons. The van der Waals surface area contributed by atoms with Gasteiger partial charge >= 0.3 is 6.18 Å². The molecule has 0 radical (unpaired) electrons. The molecule has 1 aromatic heterocycles. The van der Waals surface area contributed by atoms with Gasteiger partial charge in [0, 0.05) is 12.1 Å². The van der Waals surface area contributed by atoms with Gasteiger partial charge in [0.15, 0.2) is 11.5 Å². The molecule has 1 saturated heterocycles. The van der Waals surface area contributed by atoms with E-state index in [0.29, 0.717) is 31.3 Å². The van der Waals surface area contributed by atoms with Crippen molar-refractivity contribution >= 4 is 5.91 Å². The number of fused-ring (bicyclic) bond motifs is 1. The Balaban J connectivity index is 1.30. The molecule has 1 unspecified atom stereocenters. The second-order valence-corrected chi connectivity index (χ2v) is 7.87. The van der Waals surface area contributed by atoms with Crippen molar-refractivity contribution in [2.45, 2.75) is 31.6 Å². The van der Waals surface area contributed by atoms with Gasteiger partial charge in [-0.3, -0.25) is 4.79 Å². The summed E-state index contributed by atoms with van der Waals surface area (Å²) in [5.74, 6) is 1.19. The number of aromatic nitrogens is 4. The van der Waals surface area contributed by atoms with E-state index in [-0.39, 0.29) is 29.9 Å². The number of rotatable bonds is 4. The van der Waals surface area contributed by atoms with Gasteiger partial charge in [-0.1, -0.05) is 18.2 Å². The second kappa shape index (κ2) is 8.38. The number of nitrogens with zero attached hydrogens (tertiary/aromatic N) is 5. The second-order valence-electron chi connectivity index (χ2n) is 7.87. The number of amides is 1. The minimum Gasteiger partial charge on any atom is -0.486 e. The van der Waals surface area contributed by atoms with Crippen molar-refractivity contribution in [2.24, 2.45) is 0 Å². The van der Waals surface area contributed by atoms with E-state index in [4.69, 9.17) is 9.47 Å². The minimum absolute atomic E-state index is 0.0266. The summed E-state index contributed by atoms with van der Waals surface area (Å²) in [5, 5.41) is 11.8. The fraction of sp³-hybridized carbons (Fsp3) is 0.364. The Kier molecular flexibility index (Phi) is 5.39. The number of halogens is 3. The maximum absolute atomic E-state index is 13.0. The average Bonchev–Trinajstić information content (AvgIpc) is 3.48. The lowest BCUT2D eigenvalue weighted by Gasteiger charge is -2.26. The normalized spacial score (nSPS) is 17.9. The van der Waals surface area contributed by atoms with Crippen LogP contribution in [0.2, 0.25) is 0 Å². The molecule has 0 saturated carbocycles. The number of benzene rings is 2. The zero-order chi connectivity index (χ0) is 23.0. The third-order valence-corrected chi connectivity index (χ3v) is 5.70. The van der Waals surface area contributed by atoms with Crippen LogP contribution < -0.4 is 9.47 Å². The van der Waals surface area contributed by atoms with Crippen molar-refractivity contribution in [3.05, 3.63) is 53.6 Å². The highest BCUT2D eigenvalue weighted by Crippen LogP contribution is 2.38. The van der Waals surface area contributed by atoms with E-state index >= 15 is 0 Å². The topological polar surface area (TPSA) is 82.4 Å². The van der Waals surface area contributed by atoms with Crippen LogP contribution >= 0.6 is 0 Å². The smallest absolute Gasteiger partial charge is 0.416 e. The summed E-state index contributed by atoms with van der Waals surface area (Å²) in [6.07, 6.45) is -2.81. The summed E-state index contributed by atoms with van der Waals surface area (Å²) in [6, 6.07) is 10.3. The molecule has 1 atom stereocenters. The first-order valence-electron chi connectivity index (χ1n) is 10.5. The average molecular weight is 459 g/mol. The van der Waals surface area contributed by atoms with E-state index in [2.05, 4.69) is 15.4 Å². The highest BCUT2D eigenvalue weighted by molar-refractivity contribution is 5.76. The highest BCUT2D eigenvalue weighted by atomic mass is 19.4. The lowest BCUT2D eigenvalue weighted by Crippen LogP contribution is -2.34. The highest BCUT2D eigenvalue weighted by Gasteiger charge is 2.32. The molecule has 0 spiro atoms. The number of tetrazole rings is 1. The van der Waals surface area contributed by atoms with E-state index in [0.717, 1.165) is 35.3 Å². The molecule has 2 aliphatic rings. The molecule has 2 aliphatic heterocycles. The zero-order valence-electron chi connectivity index (χ0n) is 17.5. The maximum Gasteiger partial charge on any atom is 0.416 e. The van der Waals surface area contributed by atoms with Gasteiger partial charge in [-0.2, -0.15) is 18.0 Å². The van der Waals surface area contributed by atoms with Gasteiger partial charge in [0.1, 0.15) is 19.8 Å². The number of ether oxygens (including phenoxy) is 2. The Hall–Kier alpha value is -3.63. The molecule has 11 heteroatoms. The quantitative estimate of drug-likeness (QED) is 0.594. The van der Waals surface area contributed by atoms with E-state index in [1.54, 1.807) is 4.90 Å². The molecule has 1 amide bonds. The molecule has 3 aromatic rings. The third kappa shape index (κ3) is 4.35. The van der Waals surface area contributed by atoms with Crippen LogP contribution in [-0.4, -0.2) is 50.8 Å². The number of likely N-dealkylation sites (tertiary alicyclic amines) is 1. The van der Waals surface area contributed by atoms with Gasteiger partial charge in [-0.25, -0.2) is 0 Å². The zero-order valence-corrected chi connectivity index (χ0v) is 17.5. The van der Waals surface area contributed by atoms with Crippen LogP contribution in [0.3, 0.4) is 0 Å². The van der Waals surface area contributed by atoms with Gasteiger partial charge in [0.2, 0.25) is 11.7 Å². The summed E-state index contributed by atoms with van der Waals surface area (Å²) < 4.78 is 50.2. The van der Waals surface area contributed by atoms with Crippen LogP contribution in [0.4, 0.5) is 13.2 Å². The SMILES string of the molecule is O=C(Cn1nnc(-c2cccc(C(F)(F)F)c2)n1)N1CCCC1c1ccc2c(c1)OCCO2. The number of alkyl halides is 3. The fourth-order valence-electron chi connectivity index (χ4n) is 4.15. The van der Waals surface area contributed by atoms with Gasteiger partial charge in [0.05, 0.1) is 11.6 Å². The van der Waals surface area contributed by atoms with Crippen LogP contribution in [0.25, 0.3) is 11.4 Å². The lowest BCUT2D eigenvalue weighted by molar-refractivity contribution is -0.137. The van der Waals surface area contributed by atoms with Crippen LogP contribution in [0.1, 0.15) is 30.0 Å². The van der Waals surface area contributed by atoms with Crippen molar-refractivity contribution in [1.82, 2.24) is 25.1 Å². The summed E-state index contributed by atoms with van der Waals surface area (Å²) in [4.78, 5) is 15.9. The van der Waals surface area contributed by atoms with Gasteiger partial charge in [-0.05, 0) is 47.9 Å². The van der Waals surface area contributed by atoms with E-state index in [1.165, 1.54) is 12.1 Å². The van der Waals surface area contributed by atoms with Crippen LogP contribution in [0.15, 0.2) is 42.5 Å². The van der Waals surface area contributed by atoms with Gasteiger partial charge in [0.25, 0.3) is 0 Å². The summed E-state index contributed by atoms with van der Waals surface area (Å²) in [5.41, 5.74) is 0.340. The van der Waals surface area contributed by atoms with E-state index in [1.807, 2.05) is 18.2 Å². The minimum atomic E-state index is -4.47. The Morgan fingerprint density at radius 2 is 1.91 bits per heavy atom. The lowest BCUT2D eigenvalue weighted by atomic mass is 10.0. The van der Waals surface area contributed by atoms with Crippen molar-refractivity contribution in [1.29, 1.82) is 0 Å². The summed E-state index contributed by atoms with van der Waals surface area (Å²) in [6.45, 7) is 1.42. The Bertz CT molecular complexity index is 1180. The van der Waals surface area contributed by atoms with Gasteiger partial charge < -0.3 is 14.4 Å². The van der Waals surface area contributed by atoms with E-state index < -0.39 is 11.7 Å². The van der Waals surface area contributed by atoms with Crippen molar-refractivity contribution in [2.75, 3.05) is 19.8 Å². The molecule has 5 rings (SSSR count). The maximum atomic E-state index is 13.0. The molecule has 8 nitrogen and oxygen atoms in total. The standard InChI is InChI=1S/C22H20F3N5O3/c23-22(24,25)16-4-1-3-15(11-16)21-26-28-30(27-21)13-20(31)29-8-2-5-17(29)14-6-7-18-19(12-14)33-10-9-32-18/h1,3-4,6-7,11-12,17H,2,5,8-10,13H2. The fourth-order valence-corrected chi connectivity index (χ4v) is 4.15. The van der Waals surface area contributed by atoms with Gasteiger partial charge in [-0.15, -0.1) is 10.2 Å². The molecule has 0 N–H and O–H groups in total. The summed E-state index contributed by atoms with van der Waals surface area (Å²) in [7, 11) is 0. The van der Waals surface area contributed by atoms with Crippen molar-refractivity contribution in [3.63, 3.8) is 0 Å². The largest absolute Gasteiger partial charge is 0.486 e. The third-order valence-electron chi connectivity index (χ3n) is 5.70. The molecule has 1 fully saturated rings. The molecule has 33 heavy (non-hydrogen) atoms. The van der Waals surface area contributed by atoms with E-state index in [9.17, 15) is 18.0 Å². The molecule has 0 bridgehead atoms. The predicted octanol–water partition coefficient (Wildman–Crippen LogP) is 3.49. The predicted molar refractivity (Wildman–Crippen MR) is 109 cm³/mol. The van der Waals surface area contributed by atoms with Crippen LogP contribution in [0, 0.1) is 0 Å². The van der Waals surface area contributed by atoms with Crippen molar-refractivity contribution < 1.29 is 27.4 Å². The summed E-state index contributed by atoms with van der Waals surface area (Å²) >= 11 is 0. The first kappa shape index (κ1) is 21.2. The first-order chi connectivity index (χ1) is 15.9. The molecular formula is C22H20F3N5O3. The van der Waals surface area contributed by atoms with Crippen LogP contribution in [0.5, 0.6) is 11.5 Å². The monoisotopic (exact) mass is 459 g/mol. The number of hydrogen-bond acceptors (Lipinski definition) is 6. The molecular weight excluding hydrogens is 439 g/mol. The van der Waals surface area contributed by atoms with Crippen LogP contribution in [-0.2, 0) is 17.5 Å². The number of carbonyl (C=O) groups excluding carboxylic acids is 1. The molecule has 3 heterocycles. The Morgan fingerprint density at radius 3 is 2.73 bits per heavy atom. The van der Waals surface area contributed by atoms with Crippen molar-refractivity contribution in [3.8, 4) is 22.9 Å². The number of hydrogen-bond donors (Lipinski definition) is 0. The Morgan fingerprint density at radius 1 is 1.09 bits per heavy atom. The molecule has 0 aliphatic carbocycles. The Labute approximate surface area is 186 Å². The first-order valence-corrected chi connectivity index (χ1v) is 10.5.